The van der Waals surface area contributed by atoms with Crippen molar-refractivity contribution in [1.82, 2.24) is 5.32 Å². The zero-order chi connectivity index (χ0) is 20.6. The Hall–Kier alpha value is -2.34. The van der Waals surface area contributed by atoms with Crippen molar-refractivity contribution in [3.8, 4) is 0 Å². The van der Waals surface area contributed by atoms with E-state index in [0.717, 1.165) is 23.5 Å². The van der Waals surface area contributed by atoms with Crippen LogP contribution < -0.4 is 9.62 Å². The second-order valence-corrected chi connectivity index (χ2v) is 10.5. The molecule has 6 heteroatoms. The van der Waals surface area contributed by atoms with Gasteiger partial charge in [-0.3, -0.25) is 9.10 Å². The van der Waals surface area contributed by atoms with Crippen LogP contribution in [0.4, 0.5) is 5.69 Å². The van der Waals surface area contributed by atoms with Gasteiger partial charge in [-0.15, -0.1) is 0 Å². The van der Waals surface area contributed by atoms with Crippen molar-refractivity contribution >= 4 is 21.6 Å². The summed E-state index contributed by atoms with van der Waals surface area (Å²) in [6.07, 6.45) is 6.06. The fourth-order valence-electron chi connectivity index (χ4n) is 4.71. The lowest BCUT2D eigenvalue weighted by Gasteiger charge is -2.24. The molecule has 2 bridgehead atoms. The summed E-state index contributed by atoms with van der Waals surface area (Å²) in [4.78, 5) is 12.6. The molecule has 29 heavy (non-hydrogen) atoms. The number of hydrogen-bond donors (Lipinski definition) is 1. The van der Waals surface area contributed by atoms with Gasteiger partial charge < -0.3 is 5.32 Å². The maximum Gasteiger partial charge on any atom is 0.251 e. The SMILES string of the molecule is Cc1ccc(CN(c2ccc(C(=O)N[C@@H]3C[C@H]4CC[C@H]3C4)cc2)S(C)(=O)=O)cc1. The monoisotopic (exact) mass is 412 g/mol. The molecule has 2 aliphatic carbocycles. The number of nitrogens with zero attached hydrogens (tertiary/aromatic N) is 1. The number of sulfonamides is 1. The summed E-state index contributed by atoms with van der Waals surface area (Å²) < 4.78 is 26.1. The van der Waals surface area contributed by atoms with Gasteiger partial charge in [0.25, 0.3) is 5.91 Å². The highest BCUT2D eigenvalue weighted by molar-refractivity contribution is 7.92. The van der Waals surface area contributed by atoms with E-state index in [4.69, 9.17) is 0 Å². The van der Waals surface area contributed by atoms with Gasteiger partial charge in [-0.25, -0.2) is 8.42 Å². The van der Waals surface area contributed by atoms with Crippen LogP contribution in [0.3, 0.4) is 0 Å². The van der Waals surface area contributed by atoms with E-state index in [9.17, 15) is 13.2 Å². The first kappa shape index (κ1) is 20.0. The number of fused-ring (bicyclic) bond motifs is 2. The molecular weight excluding hydrogens is 384 g/mol. The van der Waals surface area contributed by atoms with Crippen LogP contribution >= 0.6 is 0 Å². The number of carbonyl (C=O) groups is 1. The lowest BCUT2D eigenvalue weighted by molar-refractivity contribution is 0.0923. The molecule has 154 valence electrons. The molecule has 0 radical (unpaired) electrons. The van der Waals surface area contributed by atoms with Gasteiger partial charge in [-0.05, 0) is 67.9 Å². The Kier molecular flexibility index (Phi) is 5.38. The fraction of sp³-hybridized carbons (Fsp3) is 0.435. The van der Waals surface area contributed by atoms with Gasteiger partial charge >= 0.3 is 0 Å². The summed E-state index contributed by atoms with van der Waals surface area (Å²) in [7, 11) is -3.45. The Labute approximate surface area is 173 Å². The first-order chi connectivity index (χ1) is 13.8. The van der Waals surface area contributed by atoms with Gasteiger partial charge in [0, 0.05) is 11.6 Å². The highest BCUT2D eigenvalue weighted by Gasteiger charge is 2.40. The third-order valence-electron chi connectivity index (χ3n) is 6.32. The number of amides is 1. The average Bonchev–Trinajstić information content (AvgIpc) is 3.30. The number of benzene rings is 2. The summed E-state index contributed by atoms with van der Waals surface area (Å²) >= 11 is 0. The van der Waals surface area contributed by atoms with Gasteiger partial charge in [0.05, 0.1) is 18.5 Å². The third kappa shape index (κ3) is 4.47. The quantitative estimate of drug-likeness (QED) is 0.783. The second kappa shape index (κ2) is 7.82. The predicted octanol–water partition coefficient (Wildman–Crippen LogP) is 3.88. The van der Waals surface area contributed by atoms with E-state index < -0.39 is 10.0 Å². The van der Waals surface area contributed by atoms with Crippen LogP contribution in [0.1, 0.15) is 47.2 Å². The Balaban J connectivity index is 1.48. The molecule has 2 aromatic rings. The van der Waals surface area contributed by atoms with Gasteiger partial charge in [0.2, 0.25) is 10.0 Å². The van der Waals surface area contributed by atoms with Gasteiger partial charge in [0.15, 0.2) is 0 Å². The van der Waals surface area contributed by atoms with E-state index in [1.165, 1.54) is 29.8 Å². The molecule has 0 unspecified atom stereocenters. The number of hydrogen-bond acceptors (Lipinski definition) is 3. The van der Waals surface area contributed by atoms with Crippen molar-refractivity contribution in [2.45, 2.75) is 45.2 Å². The van der Waals surface area contributed by atoms with Gasteiger partial charge in [-0.1, -0.05) is 36.2 Å². The molecule has 0 aromatic heterocycles. The van der Waals surface area contributed by atoms with E-state index in [-0.39, 0.29) is 18.5 Å². The van der Waals surface area contributed by atoms with Gasteiger partial charge in [0.1, 0.15) is 0 Å². The van der Waals surface area contributed by atoms with Crippen LogP contribution in [-0.2, 0) is 16.6 Å². The molecule has 2 aliphatic rings. The van der Waals surface area contributed by atoms with Crippen molar-refractivity contribution in [3.05, 3.63) is 65.2 Å². The van der Waals surface area contributed by atoms with E-state index >= 15 is 0 Å². The number of aryl methyl sites for hydroxylation is 1. The Morgan fingerprint density at radius 2 is 1.72 bits per heavy atom. The lowest BCUT2D eigenvalue weighted by atomic mass is 9.95. The molecule has 0 aliphatic heterocycles. The van der Waals surface area contributed by atoms with E-state index in [0.29, 0.717) is 17.2 Å². The third-order valence-corrected chi connectivity index (χ3v) is 7.46. The second-order valence-electron chi connectivity index (χ2n) is 8.56. The van der Waals surface area contributed by atoms with Crippen molar-refractivity contribution < 1.29 is 13.2 Å². The van der Waals surface area contributed by atoms with Crippen LogP contribution in [0, 0.1) is 18.8 Å². The van der Waals surface area contributed by atoms with E-state index in [1.807, 2.05) is 31.2 Å². The molecule has 4 rings (SSSR count). The molecule has 0 spiro atoms. The standard InChI is InChI=1S/C23H28N2O3S/c1-16-3-5-17(6-4-16)15-25(29(2,27)28)21-11-9-19(10-12-21)23(26)24-22-14-18-7-8-20(22)13-18/h3-6,9-12,18,20,22H,7-8,13-15H2,1-2H3,(H,24,26)/t18-,20-,22+/m0/s1. The van der Waals surface area contributed by atoms with Crippen LogP contribution in [0.2, 0.25) is 0 Å². The first-order valence-electron chi connectivity index (χ1n) is 10.2. The molecule has 2 fully saturated rings. The van der Waals surface area contributed by atoms with Crippen molar-refractivity contribution in [2.75, 3.05) is 10.6 Å². The normalized spacial score (nSPS) is 23.2. The first-order valence-corrected chi connectivity index (χ1v) is 12.1. The number of rotatable bonds is 6. The smallest absolute Gasteiger partial charge is 0.251 e. The molecular formula is C23H28N2O3S. The minimum absolute atomic E-state index is 0.0708. The molecule has 2 saturated carbocycles. The molecule has 1 N–H and O–H groups in total. The van der Waals surface area contributed by atoms with Crippen molar-refractivity contribution in [2.24, 2.45) is 11.8 Å². The lowest BCUT2D eigenvalue weighted by Crippen LogP contribution is -2.38. The zero-order valence-corrected chi connectivity index (χ0v) is 17.8. The van der Waals surface area contributed by atoms with Crippen LogP contribution in [-0.4, -0.2) is 26.6 Å². The van der Waals surface area contributed by atoms with E-state index in [1.54, 1.807) is 24.3 Å². The Bertz CT molecular complexity index is 984. The van der Waals surface area contributed by atoms with Crippen LogP contribution in [0.15, 0.2) is 48.5 Å². The minimum atomic E-state index is -3.45. The van der Waals surface area contributed by atoms with Crippen molar-refractivity contribution in [3.63, 3.8) is 0 Å². The summed E-state index contributed by atoms with van der Waals surface area (Å²) in [6, 6.07) is 15.0. The Morgan fingerprint density at radius 1 is 1.03 bits per heavy atom. The number of anilines is 1. The highest BCUT2D eigenvalue weighted by atomic mass is 32.2. The molecule has 5 nitrogen and oxygen atoms in total. The van der Waals surface area contributed by atoms with Crippen LogP contribution in [0.25, 0.3) is 0 Å². The largest absolute Gasteiger partial charge is 0.349 e. The number of nitrogens with one attached hydrogen (secondary N) is 1. The molecule has 3 atom stereocenters. The maximum absolute atomic E-state index is 12.6. The highest BCUT2D eigenvalue weighted by Crippen LogP contribution is 2.44. The maximum atomic E-state index is 12.6. The summed E-state index contributed by atoms with van der Waals surface area (Å²) in [5, 5.41) is 3.18. The molecule has 0 saturated heterocycles. The topological polar surface area (TPSA) is 66.5 Å². The Morgan fingerprint density at radius 3 is 2.28 bits per heavy atom. The number of carbonyl (C=O) groups excluding carboxylic acids is 1. The van der Waals surface area contributed by atoms with E-state index in [2.05, 4.69) is 5.32 Å². The fourth-order valence-corrected chi connectivity index (χ4v) is 5.60. The summed E-state index contributed by atoms with van der Waals surface area (Å²) in [5.41, 5.74) is 3.18. The average molecular weight is 413 g/mol. The predicted molar refractivity (Wildman–Crippen MR) is 115 cm³/mol. The van der Waals surface area contributed by atoms with Crippen LogP contribution in [0.5, 0.6) is 0 Å². The summed E-state index contributed by atoms with van der Waals surface area (Å²) in [6.45, 7) is 2.26. The van der Waals surface area contributed by atoms with Gasteiger partial charge in [-0.2, -0.15) is 0 Å². The molecule has 0 heterocycles. The molecule has 2 aromatic carbocycles. The summed E-state index contributed by atoms with van der Waals surface area (Å²) in [5.74, 6) is 1.33. The van der Waals surface area contributed by atoms with Crippen molar-refractivity contribution in [1.29, 1.82) is 0 Å². The zero-order valence-electron chi connectivity index (χ0n) is 17.0. The molecule has 1 amide bonds. The minimum Gasteiger partial charge on any atom is -0.349 e.